The van der Waals surface area contributed by atoms with Crippen LogP contribution in [0.5, 0.6) is 0 Å². The summed E-state index contributed by atoms with van der Waals surface area (Å²) >= 11 is 9.05. The number of aromatic nitrogens is 2. The minimum Gasteiger partial charge on any atom is -0.768 e. The first-order chi connectivity index (χ1) is 8.50. The van der Waals surface area contributed by atoms with Gasteiger partial charge in [-0.3, -0.25) is 9.00 Å². The van der Waals surface area contributed by atoms with Crippen LogP contribution in [-0.4, -0.2) is 18.5 Å². The van der Waals surface area contributed by atoms with E-state index in [0.717, 1.165) is 4.68 Å². The first kappa shape index (κ1) is 16.8. The van der Waals surface area contributed by atoms with E-state index in [1.54, 1.807) is 0 Å². The normalized spacial score (nSPS) is 11.7. The van der Waals surface area contributed by atoms with Crippen LogP contribution in [0.2, 0.25) is 10.0 Å². The molecule has 0 aliphatic rings. The van der Waals surface area contributed by atoms with Crippen LogP contribution in [0.15, 0.2) is 40.2 Å². The van der Waals surface area contributed by atoms with Gasteiger partial charge in [-0.25, -0.2) is 0 Å². The summed E-state index contributed by atoms with van der Waals surface area (Å²) in [6, 6.07) is 5.61. The summed E-state index contributed by atoms with van der Waals surface area (Å²) in [6.07, 6.45) is 1.24. The summed E-state index contributed by atoms with van der Waals surface area (Å²) in [5.74, 6) is 0. The van der Waals surface area contributed by atoms with E-state index in [9.17, 15) is 13.6 Å². The Morgan fingerprint density at radius 3 is 2.32 bits per heavy atom. The molecule has 1 heterocycles. The van der Waals surface area contributed by atoms with Crippen molar-refractivity contribution >= 4 is 34.3 Å². The average molecular weight is 327 g/mol. The van der Waals surface area contributed by atoms with E-state index < -0.39 is 16.6 Å². The minimum atomic E-state index is -2.31. The molecule has 1 atom stereocenters. The van der Waals surface area contributed by atoms with Crippen LogP contribution in [-0.2, 0) is 11.1 Å². The Kier molecular flexibility index (Phi) is 6.19. The fraction of sp³-hybridized carbons (Fsp3) is 0. The van der Waals surface area contributed by atoms with Crippen molar-refractivity contribution in [3.63, 3.8) is 0 Å². The molecule has 2 aromatic rings. The van der Waals surface area contributed by atoms with Crippen molar-refractivity contribution in [2.24, 2.45) is 0 Å². The molecule has 0 amide bonds. The predicted octanol–water partition coefficient (Wildman–Crippen LogP) is -1.22. The molecule has 0 saturated carbocycles. The van der Waals surface area contributed by atoms with Gasteiger partial charge in [-0.05, 0) is 35.3 Å². The van der Waals surface area contributed by atoms with Crippen molar-refractivity contribution < 1.29 is 38.3 Å². The quantitative estimate of drug-likeness (QED) is 0.512. The maximum absolute atomic E-state index is 11.8. The van der Waals surface area contributed by atoms with Gasteiger partial charge in [0.2, 0.25) is 0 Å². The number of benzene rings is 1. The van der Waals surface area contributed by atoms with Crippen molar-refractivity contribution in [2.45, 2.75) is 4.90 Å². The Balaban J connectivity index is 0.00000180. The smallest absolute Gasteiger partial charge is 0.768 e. The van der Waals surface area contributed by atoms with Crippen LogP contribution < -0.4 is 35.1 Å². The molecule has 0 N–H and O–H groups in total. The number of rotatable bonds is 2. The van der Waals surface area contributed by atoms with E-state index in [-0.39, 0.29) is 44.5 Å². The molecule has 5 nitrogen and oxygen atoms in total. The third-order valence-corrected chi connectivity index (χ3v) is 3.56. The Morgan fingerprint density at radius 1 is 1.21 bits per heavy atom. The van der Waals surface area contributed by atoms with E-state index in [1.807, 2.05) is 0 Å². The van der Waals surface area contributed by atoms with Gasteiger partial charge in [0.05, 0.1) is 16.9 Å². The first-order valence-electron chi connectivity index (χ1n) is 4.64. The SMILES string of the molecule is O=c1c(Cl)c(Cl)cnn1-c1ccc(S(=O)[O-])cc1.[Na+]. The molecule has 0 fully saturated rings. The second-order valence-electron chi connectivity index (χ2n) is 3.25. The second-order valence-corrected chi connectivity index (χ2v) is 4.98. The molecule has 1 aromatic heterocycles. The van der Waals surface area contributed by atoms with E-state index in [2.05, 4.69) is 5.10 Å². The molecule has 0 radical (unpaired) electrons. The standard InChI is InChI=1S/C10H6Cl2N2O3S.Na/c11-8-5-13-14(10(15)9(8)12)6-1-3-7(4-2-6)18(16)17;/h1-5H,(H,16,17);/q;+1/p-1. The van der Waals surface area contributed by atoms with E-state index >= 15 is 0 Å². The summed E-state index contributed by atoms with van der Waals surface area (Å²) in [7, 11) is 0. The molecule has 1 aromatic carbocycles. The Labute approximate surface area is 143 Å². The van der Waals surface area contributed by atoms with Crippen LogP contribution in [0, 0.1) is 0 Å². The van der Waals surface area contributed by atoms with Gasteiger partial charge in [-0.1, -0.05) is 23.2 Å². The maximum atomic E-state index is 11.8. The van der Waals surface area contributed by atoms with Gasteiger partial charge >= 0.3 is 29.6 Å². The molecule has 0 aliphatic heterocycles. The minimum absolute atomic E-state index is 0. The third-order valence-electron chi connectivity index (χ3n) is 2.15. The molecule has 0 bridgehead atoms. The molecule has 1 unspecified atom stereocenters. The maximum Gasteiger partial charge on any atom is 1.00 e. The zero-order chi connectivity index (χ0) is 13.3. The fourth-order valence-corrected chi connectivity index (χ4v) is 1.91. The number of halogens is 2. The van der Waals surface area contributed by atoms with Gasteiger partial charge in [0.25, 0.3) is 5.56 Å². The molecule has 0 spiro atoms. The summed E-state index contributed by atoms with van der Waals surface area (Å²) in [6.45, 7) is 0. The van der Waals surface area contributed by atoms with Crippen molar-refractivity contribution in [2.75, 3.05) is 0 Å². The molecule has 19 heavy (non-hydrogen) atoms. The van der Waals surface area contributed by atoms with Gasteiger partial charge in [0.1, 0.15) is 5.02 Å². The van der Waals surface area contributed by atoms with Crippen LogP contribution >= 0.6 is 23.2 Å². The van der Waals surface area contributed by atoms with Crippen molar-refractivity contribution in [3.8, 4) is 5.69 Å². The largest absolute Gasteiger partial charge is 1.00 e. The van der Waals surface area contributed by atoms with Gasteiger partial charge in [-0.15, -0.1) is 0 Å². The Hall–Kier alpha value is -0.210. The summed E-state index contributed by atoms with van der Waals surface area (Å²) < 4.78 is 22.4. The van der Waals surface area contributed by atoms with Crippen molar-refractivity contribution in [3.05, 3.63) is 50.9 Å². The number of hydrogen-bond acceptors (Lipinski definition) is 4. The molecule has 0 aliphatic carbocycles. The molecular formula is C10H5Cl2N2NaO3S. The van der Waals surface area contributed by atoms with Gasteiger partial charge < -0.3 is 4.55 Å². The number of nitrogens with zero attached hydrogens (tertiary/aromatic N) is 2. The molecule has 9 heteroatoms. The summed E-state index contributed by atoms with van der Waals surface area (Å²) in [5, 5.41) is 3.75. The van der Waals surface area contributed by atoms with Gasteiger partial charge in [0, 0.05) is 4.90 Å². The van der Waals surface area contributed by atoms with E-state index in [4.69, 9.17) is 23.2 Å². The van der Waals surface area contributed by atoms with Crippen LogP contribution in [0.4, 0.5) is 0 Å². The van der Waals surface area contributed by atoms with Crippen molar-refractivity contribution in [1.82, 2.24) is 9.78 Å². The Morgan fingerprint density at radius 2 is 1.79 bits per heavy atom. The van der Waals surface area contributed by atoms with Crippen LogP contribution in [0.3, 0.4) is 0 Å². The molecule has 2 rings (SSSR count). The van der Waals surface area contributed by atoms with Crippen molar-refractivity contribution in [1.29, 1.82) is 0 Å². The third kappa shape index (κ3) is 3.66. The summed E-state index contributed by atoms with van der Waals surface area (Å²) in [4.78, 5) is 11.9. The van der Waals surface area contributed by atoms with E-state index in [0.29, 0.717) is 5.69 Å². The van der Waals surface area contributed by atoms with Gasteiger partial charge in [0.15, 0.2) is 0 Å². The summed E-state index contributed by atoms with van der Waals surface area (Å²) in [5.41, 5.74) is -0.173. The zero-order valence-corrected chi connectivity index (χ0v) is 14.0. The molecular weight excluding hydrogens is 322 g/mol. The first-order valence-corrected chi connectivity index (χ1v) is 6.47. The molecule has 0 saturated heterocycles. The monoisotopic (exact) mass is 326 g/mol. The number of hydrogen-bond donors (Lipinski definition) is 0. The van der Waals surface area contributed by atoms with Crippen LogP contribution in [0.1, 0.15) is 0 Å². The average Bonchev–Trinajstić information content (AvgIpc) is 2.36. The van der Waals surface area contributed by atoms with E-state index in [1.165, 1.54) is 30.5 Å². The Bertz CT molecular complexity index is 675. The second kappa shape index (κ2) is 6.99. The topological polar surface area (TPSA) is 75.0 Å². The predicted molar refractivity (Wildman–Crippen MR) is 67.0 cm³/mol. The van der Waals surface area contributed by atoms with Crippen LogP contribution in [0.25, 0.3) is 5.69 Å². The van der Waals surface area contributed by atoms with Gasteiger partial charge in [-0.2, -0.15) is 9.78 Å². The molecule has 94 valence electrons. The zero-order valence-electron chi connectivity index (χ0n) is 9.67. The fourth-order valence-electron chi connectivity index (χ4n) is 1.30.